The highest BCUT2D eigenvalue weighted by molar-refractivity contribution is 5.94. The molecular formula is C18H22ClN3O2. The molecule has 1 saturated carbocycles. The highest BCUT2D eigenvalue weighted by Gasteiger charge is 2.33. The fraction of sp³-hybridized carbons (Fsp3) is 0.333. The zero-order valence-electron chi connectivity index (χ0n) is 13.6. The summed E-state index contributed by atoms with van der Waals surface area (Å²) in [6.45, 7) is 0.325. The van der Waals surface area contributed by atoms with E-state index in [0.29, 0.717) is 23.7 Å². The molecule has 5 nitrogen and oxygen atoms in total. The van der Waals surface area contributed by atoms with Crippen LogP contribution in [0.5, 0.6) is 5.75 Å². The Morgan fingerprint density at radius 3 is 2.62 bits per heavy atom. The number of nitrogens with two attached hydrogens (primary N) is 1. The Hall–Kier alpha value is -2.11. The third-order valence-electron chi connectivity index (χ3n) is 4.14. The van der Waals surface area contributed by atoms with Crippen LogP contribution in [0.2, 0.25) is 0 Å². The summed E-state index contributed by atoms with van der Waals surface area (Å²) in [5.74, 6) is 1.23. The molecule has 1 aliphatic carbocycles. The van der Waals surface area contributed by atoms with Crippen molar-refractivity contribution < 1.29 is 9.53 Å². The molecule has 1 unspecified atom stereocenters. The molecule has 2 aromatic rings. The van der Waals surface area contributed by atoms with Crippen molar-refractivity contribution in [1.82, 2.24) is 10.3 Å². The summed E-state index contributed by atoms with van der Waals surface area (Å²) >= 11 is 0. The summed E-state index contributed by atoms with van der Waals surface area (Å²) in [4.78, 5) is 16.7. The molecule has 0 radical (unpaired) electrons. The number of hydrogen-bond donors (Lipinski definition) is 2. The van der Waals surface area contributed by atoms with E-state index in [2.05, 4.69) is 10.3 Å². The number of halogens is 1. The smallest absolute Gasteiger partial charge is 0.251 e. The first-order valence-corrected chi connectivity index (χ1v) is 7.81. The summed E-state index contributed by atoms with van der Waals surface area (Å²) in [5.41, 5.74) is 8.01. The lowest BCUT2D eigenvalue weighted by molar-refractivity contribution is 0.0931. The lowest BCUT2D eigenvalue weighted by atomic mass is 10.0. The molecule has 1 amide bonds. The van der Waals surface area contributed by atoms with E-state index in [9.17, 15) is 4.79 Å². The van der Waals surface area contributed by atoms with Crippen LogP contribution < -0.4 is 15.8 Å². The van der Waals surface area contributed by atoms with Gasteiger partial charge >= 0.3 is 0 Å². The Labute approximate surface area is 148 Å². The van der Waals surface area contributed by atoms with Crippen LogP contribution in [0, 0.1) is 5.92 Å². The van der Waals surface area contributed by atoms with E-state index < -0.39 is 0 Å². The summed E-state index contributed by atoms with van der Waals surface area (Å²) < 4.78 is 5.19. The van der Waals surface area contributed by atoms with E-state index in [4.69, 9.17) is 10.5 Å². The number of nitrogens with one attached hydrogen (secondary N) is 1. The molecule has 1 fully saturated rings. The molecule has 128 valence electrons. The zero-order chi connectivity index (χ0) is 16.2. The van der Waals surface area contributed by atoms with Crippen molar-refractivity contribution >= 4 is 18.3 Å². The number of benzene rings is 1. The molecule has 1 heterocycles. The first-order valence-electron chi connectivity index (χ1n) is 7.81. The van der Waals surface area contributed by atoms with E-state index in [0.717, 1.165) is 24.2 Å². The van der Waals surface area contributed by atoms with Gasteiger partial charge < -0.3 is 15.8 Å². The highest BCUT2D eigenvalue weighted by atomic mass is 35.5. The molecule has 1 aromatic heterocycles. The number of nitrogens with zero attached hydrogens (tertiary/aromatic N) is 1. The van der Waals surface area contributed by atoms with Gasteiger partial charge in [0.05, 0.1) is 18.8 Å². The average Bonchev–Trinajstić information content (AvgIpc) is 3.44. The van der Waals surface area contributed by atoms with Gasteiger partial charge in [-0.3, -0.25) is 9.78 Å². The van der Waals surface area contributed by atoms with Crippen LogP contribution in [0.15, 0.2) is 42.6 Å². The molecule has 3 N–H and O–H groups in total. The molecule has 3 rings (SSSR count). The van der Waals surface area contributed by atoms with E-state index in [1.807, 2.05) is 24.3 Å². The predicted octanol–water partition coefficient (Wildman–Crippen LogP) is 2.85. The lowest BCUT2D eigenvalue weighted by Crippen LogP contribution is -2.30. The first kappa shape index (κ1) is 18.2. The zero-order valence-corrected chi connectivity index (χ0v) is 14.4. The van der Waals surface area contributed by atoms with Crippen molar-refractivity contribution in [2.45, 2.75) is 25.4 Å². The van der Waals surface area contributed by atoms with E-state index in [-0.39, 0.29) is 24.4 Å². The molecule has 1 aliphatic rings. The fourth-order valence-electron chi connectivity index (χ4n) is 2.67. The molecule has 0 bridgehead atoms. The second-order valence-electron chi connectivity index (χ2n) is 5.80. The largest absolute Gasteiger partial charge is 0.497 e. The molecule has 1 aromatic carbocycles. The van der Waals surface area contributed by atoms with Gasteiger partial charge in [0.25, 0.3) is 5.91 Å². The minimum absolute atomic E-state index is 0. The molecule has 24 heavy (non-hydrogen) atoms. The Bertz CT molecular complexity index is 687. The van der Waals surface area contributed by atoms with Gasteiger partial charge in [-0.25, -0.2) is 0 Å². The van der Waals surface area contributed by atoms with Crippen LogP contribution >= 0.6 is 12.4 Å². The van der Waals surface area contributed by atoms with Crippen molar-refractivity contribution in [2.24, 2.45) is 11.7 Å². The quantitative estimate of drug-likeness (QED) is 0.842. The monoisotopic (exact) mass is 347 g/mol. The fourth-order valence-corrected chi connectivity index (χ4v) is 2.67. The number of rotatable bonds is 6. The van der Waals surface area contributed by atoms with Crippen LogP contribution in [-0.4, -0.2) is 18.0 Å². The summed E-state index contributed by atoms with van der Waals surface area (Å²) in [7, 11) is 1.65. The van der Waals surface area contributed by atoms with Crippen molar-refractivity contribution in [1.29, 1.82) is 0 Å². The Kier molecular flexibility index (Phi) is 6.17. The second-order valence-corrected chi connectivity index (χ2v) is 5.80. The number of carbonyl (C=O) groups excluding carboxylic acids is 1. The number of hydrogen-bond acceptors (Lipinski definition) is 4. The number of carbonyl (C=O) groups is 1. The number of ether oxygens (including phenoxy) is 1. The highest BCUT2D eigenvalue weighted by Crippen LogP contribution is 2.41. The molecule has 0 saturated heterocycles. The predicted molar refractivity (Wildman–Crippen MR) is 95.3 cm³/mol. The van der Waals surface area contributed by atoms with Crippen molar-refractivity contribution in [2.75, 3.05) is 7.11 Å². The molecular weight excluding hydrogens is 326 g/mol. The molecule has 1 atom stereocenters. The summed E-state index contributed by atoms with van der Waals surface area (Å²) in [5, 5.41) is 3.15. The van der Waals surface area contributed by atoms with Gasteiger partial charge in [0.1, 0.15) is 5.75 Å². The van der Waals surface area contributed by atoms with Gasteiger partial charge in [-0.15, -0.1) is 12.4 Å². The minimum Gasteiger partial charge on any atom is -0.497 e. The van der Waals surface area contributed by atoms with Crippen LogP contribution in [0.4, 0.5) is 0 Å². The number of methoxy groups -OCH3 is 1. The summed E-state index contributed by atoms with van der Waals surface area (Å²) in [6.07, 6.45) is 3.90. The summed E-state index contributed by atoms with van der Waals surface area (Å²) in [6, 6.07) is 11.4. The molecule has 0 spiro atoms. The van der Waals surface area contributed by atoms with Crippen molar-refractivity contribution in [3.8, 4) is 5.75 Å². The van der Waals surface area contributed by atoms with Crippen LogP contribution in [0.1, 0.15) is 40.5 Å². The third kappa shape index (κ3) is 4.24. The van der Waals surface area contributed by atoms with Gasteiger partial charge in [-0.05, 0) is 48.6 Å². The topological polar surface area (TPSA) is 77.2 Å². The second kappa shape index (κ2) is 8.13. The Morgan fingerprint density at radius 2 is 2.04 bits per heavy atom. The maximum atomic E-state index is 12.5. The maximum Gasteiger partial charge on any atom is 0.251 e. The van der Waals surface area contributed by atoms with Gasteiger partial charge in [0.2, 0.25) is 0 Å². The first-order chi connectivity index (χ1) is 11.2. The Balaban J connectivity index is 0.00000208. The van der Waals surface area contributed by atoms with Crippen LogP contribution in [0.25, 0.3) is 0 Å². The normalized spacial score (nSPS) is 14.4. The number of amides is 1. The van der Waals surface area contributed by atoms with Crippen molar-refractivity contribution in [3.05, 3.63) is 59.4 Å². The van der Waals surface area contributed by atoms with E-state index >= 15 is 0 Å². The van der Waals surface area contributed by atoms with Gasteiger partial charge in [0.15, 0.2) is 0 Å². The van der Waals surface area contributed by atoms with Crippen LogP contribution in [0.3, 0.4) is 0 Å². The molecule has 0 aliphatic heterocycles. The lowest BCUT2D eigenvalue weighted by Gasteiger charge is -2.19. The number of aromatic nitrogens is 1. The van der Waals surface area contributed by atoms with Gasteiger partial charge in [0, 0.05) is 18.3 Å². The number of pyridine rings is 1. The van der Waals surface area contributed by atoms with E-state index in [1.54, 1.807) is 25.4 Å². The average molecular weight is 348 g/mol. The Morgan fingerprint density at radius 1 is 1.33 bits per heavy atom. The van der Waals surface area contributed by atoms with Crippen molar-refractivity contribution in [3.63, 3.8) is 0 Å². The standard InChI is InChI=1S/C18H21N3O2.ClH/c1-23-16-6-4-13(5-7-16)17(12-2-3-12)21-18(22)14-8-9-20-15(10-14)11-19;/h4-10,12,17H,2-3,11,19H2,1H3,(H,21,22);1H. The van der Waals surface area contributed by atoms with Gasteiger partial charge in [-0.2, -0.15) is 0 Å². The third-order valence-corrected chi connectivity index (χ3v) is 4.14. The maximum absolute atomic E-state index is 12.5. The van der Waals surface area contributed by atoms with Gasteiger partial charge in [-0.1, -0.05) is 12.1 Å². The minimum atomic E-state index is -0.0881. The van der Waals surface area contributed by atoms with E-state index in [1.165, 1.54) is 0 Å². The SMILES string of the molecule is COc1ccc(C(NC(=O)c2ccnc(CN)c2)C2CC2)cc1.Cl. The van der Waals surface area contributed by atoms with Crippen LogP contribution in [-0.2, 0) is 6.54 Å². The molecule has 6 heteroatoms.